The number of aromatic nitrogens is 2. The van der Waals surface area contributed by atoms with Gasteiger partial charge >= 0.3 is 0 Å². The molecule has 0 bridgehead atoms. The van der Waals surface area contributed by atoms with E-state index in [9.17, 15) is 0 Å². The van der Waals surface area contributed by atoms with E-state index < -0.39 is 14.0 Å². The Morgan fingerprint density at radius 2 is 1.23 bits per heavy atom. The highest BCUT2D eigenvalue weighted by atomic mass is 15.4. The third-order valence-electron chi connectivity index (χ3n) is 6.68. The Labute approximate surface area is 215 Å². The van der Waals surface area contributed by atoms with Crippen LogP contribution in [0.5, 0.6) is 0 Å². The number of hydrogen-bond donors (Lipinski definition) is 0. The zero-order valence-corrected chi connectivity index (χ0v) is 19.9. The van der Waals surface area contributed by atoms with E-state index >= 15 is 0 Å². The highest BCUT2D eigenvalue weighted by molar-refractivity contribution is 5.87. The van der Waals surface area contributed by atoms with Crippen molar-refractivity contribution >= 4 is 34.4 Å². The number of benzene rings is 2. The topological polar surface area (TPSA) is 38.7 Å². The van der Waals surface area contributed by atoms with Gasteiger partial charge in [0.2, 0.25) is 0 Å². The van der Waals surface area contributed by atoms with Gasteiger partial charge < -0.3 is 19.6 Å². The summed E-state index contributed by atoms with van der Waals surface area (Å²) in [5.41, 5.74) is 7.94. The van der Waals surface area contributed by atoms with Crippen LogP contribution in [0.25, 0.3) is 11.1 Å². The molecule has 4 aromatic rings. The van der Waals surface area contributed by atoms with E-state index in [1.54, 1.807) is 36.7 Å². The van der Waals surface area contributed by atoms with E-state index in [1.807, 2.05) is 28.0 Å². The van der Waals surface area contributed by atoms with Gasteiger partial charge in [0.05, 0.1) is 24.7 Å². The van der Waals surface area contributed by atoms with Crippen LogP contribution >= 0.6 is 0 Å². The van der Waals surface area contributed by atoms with Gasteiger partial charge in [-0.15, -0.1) is 0 Å². The molecule has 0 atom stereocenters. The van der Waals surface area contributed by atoms with Gasteiger partial charge in [-0.2, -0.15) is 0 Å². The molecule has 2 aliphatic rings. The lowest BCUT2D eigenvalue weighted by atomic mass is 9.93. The van der Waals surface area contributed by atoms with Crippen LogP contribution in [0.1, 0.15) is 24.9 Å². The van der Waals surface area contributed by atoms with Crippen LogP contribution in [-0.4, -0.2) is 37.3 Å². The second-order valence-corrected chi connectivity index (χ2v) is 9.20. The molecule has 0 saturated heterocycles. The number of aryl methyl sites for hydroxylation is 3. The fourth-order valence-corrected chi connectivity index (χ4v) is 5.28. The maximum absolute atomic E-state index is 8.14. The number of anilines is 6. The summed E-state index contributed by atoms with van der Waals surface area (Å²) >= 11 is 0. The summed E-state index contributed by atoms with van der Waals surface area (Å²) in [4.78, 5) is 15.6. The monoisotopic (exact) mass is 468 g/mol. The molecule has 6 heteroatoms. The van der Waals surface area contributed by atoms with Crippen molar-refractivity contribution < 1.29 is 8.22 Å². The third kappa shape index (κ3) is 3.48. The van der Waals surface area contributed by atoms with Crippen molar-refractivity contribution in [2.45, 2.75) is 20.8 Å². The fourth-order valence-electron chi connectivity index (χ4n) is 5.28. The van der Waals surface area contributed by atoms with E-state index in [-0.39, 0.29) is 13.3 Å². The minimum Gasteiger partial charge on any atom is -0.354 e. The van der Waals surface area contributed by atoms with Crippen molar-refractivity contribution in [3.63, 3.8) is 0 Å². The van der Waals surface area contributed by atoms with E-state index in [0.717, 1.165) is 39.2 Å². The highest BCUT2D eigenvalue weighted by Gasteiger charge is 2.29. The standard InChI is InChI=1S/C29H30N6/c1-19-12-20(2)27(21(3)13-19)22-14-23(34-17-32(4)25-8-6-10-30-28(25)34)16-24(15-22)35-18-33(5)26-9-7-11-31-29(26)35/h6-16H,17-18H2,1-5H3/i4D3,5D3. The largest absolute Gasteiger partial charge is 0.354 e. The first-order valence-corrected chi connectivity index (χ1v) is 11.6. The minimum absolute atomic E-state index is 0.0911. The minimum atomic E-state index is -2.35. The number of nitrogens with zero attached hydrogens (tertiary/aromatic N) is 6. The predicted molar refractivity (Wildman–Crippen MR) is 145 cm³/mol. The summed E-state index contributed by atoms with van der Waals surface area (Å²) in [5, 5.41) is 0. The highest BCUT2D eigenvalue weighted by Crippen LogP contribution is 2.44. The second-order valence-electron chi connectivity index (χ2n) is 9.20. The van der Waals surface area contributed by atoms with E-state index in [4.69, 9.17) is 8.22 Å². The Kier molecular flexibility index (Phi) is 3.61. The number of pyridine rings is 2. The molecule has 6 rings (SSSR count). The predicted octanol–water partition coefficient (Wildman–Crippen LogP) is 6.16. The molecule has 35 heavy (non-hydrogen) atoms. The lowest BCUT2D eigenvalue weighted by Gasteiger charge is -2.25. The van der Waals surface area contributed by atoms with Gasteiger partial charge in [-0.25, -0.2) is 9.97 Å². The van der Waals surface area contributed by atoms with Gasteiger partial charge in [0, 0.05) is 45.9 Å². The molecule has 0 fully saturated rings. The molecule has 2 aromatic heterocycles. The molecular formula is C29H30N6. The number of hydrogen-bond acceptors (Lipinski definition) is 6. The summed E-state index contributed by atoms with van der Waals surface area (Å²) in [6.07, 6.45) is 3.31. The molecule has 0 N–H and O–H groups in total. The van der Waals surface area contributed by atoms with Crippen LogP contribution in [0.15, 0.2) is 67.0 Å². The molecule has 2 aliphatic heterocycles. The normalized spacial score (nSPS) is 17.8. The fraction of sp³-hybridized carbons (Fsp3) is 0.241. The average Bonchev–Trinajstić information content (AvgIpc) is 3.48. The molecule has 0 aliphatic carbocycles. The Hall–Kier alpha value is -4.06. The van der Waals surface area contributed by atoms with E-state index in [2.05, 4.69) is 42.9 Å². The van der Waals surface area contributed by atoms with Crippen LogP contribution in [0, 0.1) is 20.8 Å². The van der Waals surface area contributed by atoms with Crippen LogP contribution in [-0.2, 0) is 0 Å². The van der Waals surface area contributed by atoms with Gasteiger partial charge in [-0.3, -0.25) is 0 Å². The number of rotatable bonds is 3. The van der Waals surface area contributed by atoms with Gasteiger partial charge in [0.25, 0.3) is 0 Å². The SMILES string of the molecule is [2H]C([2H])([2H])N1CN(c2cc(-c3c(C)cc(C)cc3C)cc(N3CN(C([2H])([2H])[2H])c4cccnc43)c2)c2ncccc21. The van der Waals surface area contributed by atoms with Crippen molar-refractivity contribution in [2.24, 2.45) is 0 Å². The molecule has 4 heterocycles. The van der Waals surface area contributed by atoms with E-state index in [0.29, 0.717) is 23.0 Å². The maximum atomic E-state index is 8.14. The molecular weight excluding hydrogens is 432 g/mol. The summed E-state index contributed by atoms with van der Waals surface area (Å²) in [6, 6.07) is 17.3. The lowest BCUT2D eigenvalue weighted by Crippen LogP contribution is -2.26. The van der Waals surface area contributed by atoms with Gasteiger partial charge in [-0.1, -0.05) is 17.7 Å². The molecule has 176 valence electrons. The van der Waals surface area contributed by atoms with Crippen molar-refractivity contribution in [3.8, 4) is 11.1 Å². The number of fused-ring (bicyclic) bond motifs is 2. The summed E-state index contributed by atoms with van der Waals surface area (Å²) < 4.78 is 48.8. The molecule has 2 aromatic carbocycles. The average molecular weight is 469 g/mol. The Morgan fingerprint density at radius 1 is 0.714 bits per heavy atom. The molecule has 6 nitrogen and oxygen atoms in total. The van der Waals surface area contributed by atoms with Gasteiger partial charge in [-0.05, 0) is 85.5 Å². The lowest BCUT2D eigenvalue weighted by molar-refractivity contribution is 0.933. The quantitative estimate of drug-likeness (QED) is 0.359. The van der Waals surface area contributed by atoms with Crippen LogP contribution in [0.4, 0.5) is 34.4 Å². The smallest absolute Gasteiger partial charge is 0.158 e. The zero-order valence-electron chi connectivity index (χ0n) is 25.9. The first-order chi connectivity index (χ1) is 19.3. The zero-order chi connectivity index (χ0) is 29.3. The first-order valence-electron chi connectivity index (χ1n) is 14.6. The Balaban J connectivity index is 1.56. The first kappa shape index (κ1) is 15.8. The van der Waals surface area contributed by atoms with Crippen LogP contribution in [0.2, 0.25) is 0 Å². The van der Waals surface area contributed by atoms with Gasteiger partial charge in [0.15, 0.2) is 11.6 Å². The molecule has 0 radical (unpaired) electrons. The molecule has 0 unspecified atom stereocenters. The molecule has 0 saturated carbocycles. The van der Waals surface area contributed by atoms with Crippen LogP contribution < -0.4 is 19.6 Å². The third-order valence-corrected chi connectivity index (χ3v) is 6.68. The Morgan fingerprint density at radius 3 is 1.71 bits per heavy atom. The Bertz CT molecular complexity index is 1540. The van der Waals surface area contributed by atoms with Crippen molar-refractivity contribution in [3.05, 3.63) is 83.7 Å². The molecule has 0 spiro atoms. The van der Waals surface area contributed by atoms with Gasteiger partial charge in [0.1, 0.15) is 0 Å². The maximum Gasteiger partial charge on any atom is 0.158 e. The van der Waals surface area contributed by atoms with Crippen molar-refractivity contribution in [2.75, 3.05) is 46.9 Å². The van der Waals surface area contributed by atoms with E-state index in [1.165, 1.54) is 9.80 Å². The molecule has 0 amide bonds. The van der Waals surface area contributed by atoms with Crippen LogP contribution in [0.3, 0.4) is 0 Å². The summed E-state index contributed by atoms with van der Waals surface area (Å²) in [5.74, 6) is 1.10. The van der Waals surface area contributed by atoms with Crippen molar-refractivity contribution in [1.29, 1.82) is 0 Å². The van der Waals surface area contributed by atoms with Crippen molar-refractivity contribution in [1.82, 2.24) is 9.97 Å². The summed E-state index contributed by atoms with van der Waals surface area (Å²) in [6.45, 7) is 1.70. The summed E-state index contributed by atoms with van der Waals surface area (Å²) in [7, 11) is 0. The second kappa shape index (κ2) is 8.01.